The summed E-state index contributed by atoms with van der Waals surface area (Å²) in [6.45, 7) is 0.637. The molecule has 0 aliphatic rings. The van der Waals surface area contributed by atoms with Crippen molar-refractivity contribution in [3.63, 3.8) is 0 Å². The predicted octanol–water partition coefficient (Wildman–Crippen LogP) is 3.85. The number of anilines is 1. The number of nitrogens with one attached hydrogen (secondary N) is 1. The number of alkyl halides is 3. The van der Waals surface area contributed by atoms with Crippen LogP contribution in [0.1, 0.15) is 32.1 Å². The largest absolute Gasteiger partial charge is 0.573 e. The maximum atomic E-state index is 12.1. The van der Waals surface area contributed by atoms with Crippen LogP contribution in [0.4, 0.5) is 18.9 Å². The molecule has 0 unspecified atom stereocenters. The van der Waals surface area contributed by atoms with Crippen LogP contribution >= 0.6 is 12.4 Å². The summed E-state index contributed by atoms with van der Waals surface area (Å²) in [5.41, 5.74) is 5.64. The number of hydrogen-bond donors (Lipinski definition) is 2. The van der Waals surface area contributed by atoms with E-state index in [0.29, 0.717) is 13.0 Å². The van der Waals surface area contributed by atoms with Crippen LogP contribution in [0.25, 0.3) is 0 Å². The topological polar surface area (TPSA) is 64.4 Å². The maximum Gasteiger partial charge on any atom is 0.573 e. The molecule has 0 radical (unpaired) electrons. The van der Waals surface area contributed by atoms with Crippen molar-refractivity contribution in [1.29, 1.82) is 0 Å². The summed E-state index contributed by atoms with van der Waals surface area (Å²) >= 11 is 0. The molecule has 4 nitrogen and oxygen atoms in total. The molecule has 22 heavy (non-hydrogen) atoms. The molecular formula is C14H20ClF3N2O2. The number of carbonyl (C=O) groups excluding carboxylic acids is 1. The molecule has 0 atom stereocenters. The Morgan fingerprint density at radius 1 is 1.18 bits per heavy atom. The molecule has 0 aliphatic carbocycles. The fourth-order valence-electron chi connectivity index (χ4n) is 1.78. The fraction of sp³-hybridized carbons (Fsp3) is 0.500. The van der Waals surface area contributed by atoms with E-state index in [1.807, 2.05) is 0 Å². The number of amides is 1. The molecule has 0 aromatic heterocycles. The molecule has 0 fully saturated rings. The van der Waals surface area contributed by atoms with Crippen LogP contribution in [0, 0.1) is 0 Å². The van der Waals surface area contributed by atoms with E-state index in [2.05, 4.69) is 10.1 Å². The smallest absolute Gasteiger partial charge is 0.406 e. The second kappa shape index (κ2) is 10.3. The zero-order valence-electron chi connectivity index (χ0n) is 12.0. The number of hydrogen-bond acceptors (Lipinski definition) is 3. The first-order valence-electron chi connectivity index (χ1n) is 6.76. The van der Waals surface area contributed by atoms with E-state index in [1.165, 1.54) is 18.2 Å². The summed E-state index contributed by atoms with van der Waals surface area (Å²) in [6, 6.07) is 5.21. The van der Waals surface area contributed by atoms with Crippen molar-refractivity contribution in [3.05, 3.63) is 24.3 Å². The minimum atomic E-state index is -4.74. The third-order valence-corrected chi connectivity index (χ3v) is 2.71. The van der Waals surface area contributed by atoms with Crippen LogP contribution in [-0.2, 0) is 4.79 Å². The third kappa shape index (κ3) is 9.46. The standard InChI is InChI=1S/C14H19F3N2O2.ClH/c15-14(16,17)21-12-7-5-6-11(10-12)19-13(20)8-3-1-2-4-9-18;/h5-7,10H,1-4,8-9,18H2,(H,19,20);1H. The van der Waals surface area contributed by atoms with Gasteiger partial charge in [0.15, 0.2) is 0 Å². The van der Waals surface area contributed by atoms with E-state index in [4.69, 9.17) is 5.73 Å². The maximum absolute atomic E-state index is 12.1. The molecule has 1 aromatic rings. The molecule has 0 heterocycles. The van der Waals surface area contributed by atoms with Gasteiger partial charge in [-0.05, 0) is 31.5 Å². The van der Waals surface area contributed by atoms with E-state index in [9.17, 15) is 18.0 Å². The predicted molar refractivity (Wildman–Crippen MR) is 81.1 cm³/mol. The van der Waals surface area contributed by atoms with Gasteiger partial charge in [0.25, 0.3) is 0 Å². The summed E-state index contributed by atoms with van der Waals surface area (Å²) in [7, 11) is 0. The summed E-state index contributed by atoms with van der Waals surface area (Å²) in [5, 5.41) is 2.55. The second-order valence-corrected chi connectivity index (χ2v) is 4.58. The van der Waals surface area contributed by atoms with Crippen molar-refractivity contribution in [2.24, 2.45) is 5.73 Å². The van der Waals surface area contributed by atoms with Crippen LogP contribution in [-0.4, -0.2) is 18.8 Å². The Bertz CT molecular complexity index is 456. The van der Waals surface area contributed by atoms with Crippen molar-refractivity contribution in [2.45, 2.75) is 38.5 Å². The van der Waals surface area contributed by atoms with Crippen molar-refractivity contribution in [1.82, 2.24) is 0 Å². The lowest BCUT2D eigenvalue weighted by Gasteiger charge is -2.10. The summed E-state index contributed by atoms with van der Waals surface area (Å²) in [4.78, 5) is 11.6. The lowest BCUT2D eigenvalue weighted by Crippen LogP contribution is -2.17. The van der Waals surface area contributed by atoms with Gasteiger partial charge in [-0.25, -0.2) is 0 Å². The van der Waals surface area contributed by atoms with Crippen molar-refractivity contribution < 1.29 is 22.7 Å². The molecule has 126 valence electrons. The number of rotatable bonds is 8. The molecule has 1 amide bonds. The van der Waals surface area contributed by atoms with Gasteiger partial charge in [0.2, 0.25) is 5.91 Å². The normalized spacial score (nSPS) is 10.7. The van der Waals surface area contributed by atoms with Crippen molar-refractivity contribution in [3.8, 4) is 5.75 Å². The number of carbonyl (C=O) groups is 1. The highest BCUT2D eigenvalue weighted by molar-refractivity contribution is 5.90. The molecule has 0 spiro atoms. The first-order valence-corrected chi connectivity index (χ1v) is 6.76. The molecule has 1 aromatic carbocycles. The SMILES string of the molecule is Cl.NCCCCCCC(=O)Nc1cccc(OC(F)(F)F)c1. The molecule has 0 bridgehead atoms. The zero-order chi connectivity index (χ0) is 15.7. The highest BCUT2D eigenvalue weighted by atomic mass is 35.5. The van der Waals surface area contributed by atoms with E-state index in [-0.39, 0.29) is 29.8 Å². The van der Waals surface area contributed by atoms with Crippen LogP contribution < -0.4 is 15.8 Å². The average Bonchev–Trinajstić information content (AvgIpc) is 2.37. The molecule has 0 saturated heterocycles. The Labute approximate surface area is 133 Å². The Balaban J connectivity index is 0.00000441. The summed E-state index contributed by atoms with van der Waals surface area (Å²) in [6.07, 6.45) is -0.885. The number of benzene rings is 1. The van der Waals surface area contributed by atoms with Gasteiger partial charge < -0.3 is 15.8 Å². The van der Waals surface area contributed by atoms with Gasteiger partial charge in [-0.15, -0.1) is 25.6 Å². The first kappa shape index (κ1) is 20.5. The monoisotopic (exact) mass is 340 g/mol. The zero-order valence-corrected chi connectivity index (χ0v) is 12.8. The van der Waals surface area contributed by atoms with Crippen LogP contribution in [0.5, 0.6) is 5.75 Å². The van der Waals surface area contributed by atoms with Gasteiger partial charge in [-0.2, -0.15) is 0 Å². The highest BCUT2D eigenvalue weighted by Gasteiger charge is 2.31. The average molecular weight is 341 g/mol. The second-order valence-electron chi connectivity index (χ2n) is 4.58. The van der Waals surface area contributed by atoms with Gasteiger partial charge in [0.1, 0.15) is 5.75 Å². The Morgan fingerprint density at radius 2 is 1.86 bits per heavy atom. The Kier molecular flexibility index (Phi) is 9.60. The molecule has 0 aliphatic heterocycles. The number of ether oxygens (including phenoxy) is 1. The van der Waals surface area contributed by atoms with E-state index < -0.39 is 6.36 Å². The number of nitrogens with two attached hydrogens (primary N) is 1. The number of halogens is 4. The molecule has 8 heteroatoms. The van der Waals surface area contributed by atoms with Crippen LogP contribution in [0.15, 0.2) is 24.3 Å². The van der Waals surface area contributed by atoms with E-state index in [0.717, 1.165) is 31.7 Å². The van der Waals surface area contributed by atoms with Gasteiger partial charge in [-0.3, -0.25) is 4.79 Å². The molecule has 1 rings (SSSR count). The summed E-state index contributed by atoms with van der Waals surface area (Å²) < 4.78 is 40.0. The van der Waals surface area contributed by atoms with Gasteiger partial charge in [0.05, 0.1) is 0 Å². The van der Waals surface area contributed by atoms with Gasteiger partial charge in [-0.1, -0.05) is 18.9 Å². The molecule has 3 N–H and O–H groups in total. The van der Waals surface area contributed by atoms with E-state index in [1.54, 1.807) is 0 Å². The highest BCUT2D eigenvalue weighted by Crippen LogP contribution is 2.25. The molecular weight excluding hydrogens is 321 g/mol. The summed E-state index contributed by atoms with van der Waals surface area (Å²) in [5.74, 6) is -0.588. The lowest BCUT2D eigenvalue weighted by atomic mass is 10.1. The first-order chi connectivity index (χ1) is 9.90. The molecule has 0 saturated carbocycles. The quantitative estimate of drug-likeness (QED) is 0.706. The van der Waals surface area contributed by atoms with Gasteiger partial charge >= 0.3 is 6.36 Å². The van der Waals surface area contributed by atoms with Crippen LogP contribution in [0.2, 0.25) is 0 Å². The third-order valence-electron chi connectivity index (χ3n) is 2.71. The fourth-order valence-corrected chi connectivity index (χ4v) is 1.78. The van der Waals surface area contributed by atoms with Crippen molar-refractivity contribution >= 4 is 24.0 Å². The van der Waals surface area contributed by atoms with Gasteiger partial charge in [0, 0.05) is 18.2 Å². The Morgan fingerprint density at radius 3 is 2.50 bits per heavy atom. The minimum absolute atomic E-state index is 0. The minimum Gasteiger partial charge on any atom is -0.406 e. The van der Waals surface area contributed by atoms with E-state index >= 15 is 0 Å². The lowest BCUT2D eigenvalue weighted by molar-refractivity contribution is -0.274. The number of unbranched alkanes of at least 4 members (excludes halogenated alkanes) is 3. The van der Waals surface area contributed by atoms with Crippen LogP contribution in [0.3, 0.4) is 0 Å². The van der Waals surface area contributed by atoms with Crippen molar-refractivity contribution in [2.75, 3.05) is 11.9 Å². The Hall–Kier alpha value is -1.47.